The Morgan fingerprint density at radius 2 is 1.12 bits per heavy atom. The summed E-state index contributed by atoms with van der Waals surface area (Å²) in [6, 6.07) is -0.452. The first-order valence-corrected chi connectivity index (χ1v) is 13.7. The molecule has 0 rings (SSSR count). The second-order valence-electron chi connectivity index (χ2n) is 9.50. The maximum absolute atomic E-state index is 11.9. The van der Waals surface area contributed by atoms with Gasteiger partial charge in [-0.3, -0.25) is 14.5 Å². The predicted octanol–water partition coefficient (Wildman–Crippen LogP) is 7.67. The van der Waals surface area contributed by atoms with Crippen molar-refractivity contribution >= 4 is 11.9 Å². The minimum absolute atomic E-state index is 0.0885. The number of carboxylic acids is 2. The molecule has 1 unspecified atom stereocenters. The summed E-state index contributed by atoms with van der Waals surface area (Å²) in [5, 5.41) is 18.8. The van der Waals surface area contributed by atoms with Crippen LogP contribution in [0.15, 0.2) is 0 Å². The topological polar surface area (TPSA) is 77.8 Å². The van der Waals surface area contributed by atoms with Crippen molar-refractivity contribution in [3.8, 4) is 0 Å². The first-order chi connectivity index (χ1) is 15.5. The Bertz CT molecular complexity index is 455. The lowest BCUT2D eigenvalue weighted by Gasteiger charge is -2.36. The van der Waals surface area contributed by atoms with E-state index in [1.54, 1.807) is 0 Å². The van der Waals surface area contributed by atoms with E-state index in [9.17, 15) is 14.7 Å². The van der Waals surface area contributed by atoms with Gasteiger partial charge in [-0.25, -0.2) is 0 Å². The molecule has 0 saturated carbocycles. The van der Waals surface area contributed by atoms with Crippen LogP contribution in [0.3, 0.4) is 0 Å². The molecule has 0 heterocycles. The summed E-state index contributed by atoms with van der Waals surface area (Å²) in [7, 11) is 0. The molecule has 0 aliphatic carbocycles. The van der Waals surface area contributed by atoms with Gasteiger partial charge in [-0.05, 0) is 32.2 Å². The second-order valence-corrected chi connectivity index (χ2v) is 9.50. The highest BCUT2D eigenvalue weighted by molar-refractivity contribution is 5.75. The quantitative estimate of drug-likeness (QED) is 0.146. The van der Waals surface area contributed by atoms with Crippen molar-refractivity contribution in [2.24, 2.45) is 0 Å². The van der Waals surface area contributed by atoms with Gasteiger partial charge in [0.05, 0.1) is 0 Å². The smallest absolute Gasteiger partial charge is 0.320 e. The van der Waals surface area contributed by atoms with Gasteiger partial charge in [-0.2, -0.15) is 0 Å². The number of carboxylic acid groups (broad SMARTS) is 2. The van der Waals surface area contributed by atoms with Crippen LogP contribution >= 0.6 is 0 Å². The van der Waals surface area contributed by atoms with Gasteiger partial charge in [-0.1, -0.05) is 111 Å². The first-order valence-electron chi connectivity index (χ1n) is 13.7. The van der Waals surface area contributed by atoms with Crippen LogP contribution in [0, 0.1) is 0 Å². The minimum Gasteiger partial charge on any atom is -0.481 e. The van der Waals surface area contributed by atoms with Crippen LogP contribution in [0.5, 0.6) is 0 Å². The first kappa shape index (κ1) is 30.9. The zero-order valence-electron chi connectivity index (χ0n) is 21.5. The fourth-order valence-electron chi connectivity index (χ4n) is 4.75. The van der Waals surface area contributed by atoms with E-state index < -0.39 is 18.0 Å². The maximum Gasteiger partial charge on any atom is 0.320 e. The summed E-state index contributed by atoms with van der Waals surface area (Å²) < 4.78 is 0. The van der Waals surface area contributed by atoms with Crippen LogP contribution in [0.2, 0.25) is 0 Å². The van der Waals surface area contributed by atoms with Gasteiger partial charge < -0.3 is 10.2 Å². The average Bonchev–Trinajstić information content (AvgIpc) is 2.75. The van der Waals surface area contributed by atoms with Gasteiger partial charge in [0, 0.05) is 12.5 Å². The van der Waals surface area contributed by atoms with Crippen LogP contribution < -0.4 is 0 Å². The van der Waals surface area contributed by atoms with Gasteiger partial charge in [0.2, 0.25) is 0 Å². The summed E-state index contributed by atoms with van der Waals surface area (Å²) in [5.41, 5.74) is 0. The van der Waals surface area contributed by atoms with Crippen LogP contribution in [-0.2, 0) is 9.59 Å². The molecule has 0 aliphatic rings. The largest absolute Gasteiger partial charge is 0.481 e. The number of hydrogen-bond acceptors (Lipinski definition) is 3. The third kappa shape index (κ3) is 16.5. The molecule has 5 nitrogen and oxygen atoms in total. The van der Waals surface area contributed by atoms with E-state index >= 15 is 0 Å². The van der Waals surface area contributed by atoms with Crippen molar-refractivity contribution in [2.45, 2.75) is 155 Å². The lowest BCUT2D eigenvalue weighted by atomic mass is 9.97. The van der Waals surface area contributed by atoms with Crippen LogP contribution in [0.4, 0.5) is 0 Å². The van der Waals surface area contributed by atoms with Gasteiger partial charge in [-0.15, -0.1) is 0 Å². The SMILES string of the molecule is CCCCCCCCCCCCCCCC(CCC)N(CCC)[C@@H](CCC(=O)O)C(=O)O. The lowest BCUT2D eigenvalue weighted by Crippen LogP contribution is -2.48. The molecule has 2 N–H and O–H groups in total. The Balaban J connectivity index is 4.25. The Morgan fingerprint density at radius 1 is 0.625 bits per heavy atom. The standard InChI is InChI=1S/C27H53NO4/c1-4-7-8-9-10-11-12-13-14-15-16-17-18-20-24(19-5-2)28(23-6-3)25(27(31)32)21-22-26(29)30/h24-25H,4-23H2,1-3H3,(H,29,30)(H,31,32)/t24?,25-/m0/s1. The average molecular weight is 456 g/mol. The molecule has 32 heavy (non-hydrogen) atoms. The number of nitrogens with zero attached hydrogens (tertiary/aromatic N) is 1. The number of hydrogen-bond donors (Lipinski definition) is 2. The molecular weight excluding hydrogens is 402 g/mol. The van der Waals surface area contributed by atoms with Crippen molar-refractivity contribution in [1.29, 1.82) is 0 Å². The fraction of sp³-hybridized carbons (Fsp3) is 0.926. The Hall–Kier alpha value is -1.10. The molecule has 190 valence electrons. The Labute approximate surface area is 198 Å². The number of rotatable bonds is 24. The molecule has 5 heteroatoms. The molecular formula is C27H53NO4. The van der Waals surface area contributed by atoms with Crippen LogP contribution in [-0.4, -0.2) is 45.7 Å². The molecule has 0 radical (unpaired) electrons. The molecule has 0 aromatic carbocycles. The summed E-state index contributed by atoms with van der Waals surface area (Å²) >= 11 is 0. The molecule has 0 aromatic heterocycles. The van der Waals surface area contributed by atoms with E-state index in [-0.39, 0.29) is 18.9 Å². The zero-order chi connectivity index (χ0) is 24.0. The third-order valence-electron chi connectivity index (χ3n) is 6.53. The van der Waals surface area contributed by atoms with Crippen molar-refractivity contribution in [1.82, 2.24) is 4.90 Å². The van der Waals surface area contributed by atoms with E-state index in [4.69, 9.17) is 5.11 Å². The van der Waals surface area contributed by atoms with Crippen LogP contribution in [0.25, 0.3) is 0 Å². The third-order valence-corrected chi connectivity index (χ3v) is 6.53. The fourth-order valence-corrected chi connectivity index (χ4v) is 4.75. The molecule has 0 aromatic rings. The lowest BCUT2D eigenvalue weighted by molar-refractivity contribution is -0.145. The van der Waals surface area contributed by atoms with E-state index in [1.165, 1.54) is 77.0 Å². The molecule has 0 spiro atoms. The zero-order valence-corrected chi connectivity index (χ0v) is 21.5. The van der Waals surface area contributed by atoms with E-state index in [0.29, 0.717) is 0 Å². The highest BCUT2D eigenvalue weighted by Crippen LogP contribution is 2.22. The van der Waals surface area contributed by atoms with Crippen molar-refractivity contribution in [3.05, 3.63) is 0 Å². The van der Waals surface area contributed by atoms with E-state index in [1.807, 2.05) is 0 Å². The summed E-state index contributed by atoms with van der Waals surface area (Å²) in [5.74, 6) is -1.80. The number of aliphatic carboxylic acids is 2. The molecule has 0 amide bonds. The van der Waals surface area contributed by atoms with Gasteiger partial charge in [0.15, 0.2) is 0 Å². The summed E-state index contributed by atoms with van der Waals surface area (Å²) in [6.45, 7) is 7.20. The van der Waals surface area contributed by atoms with Crippen molar-refractivity contribution in [3.63, 3.8) is 0 Å². The Morgan fingerprint density at radius 3 is 1.53 bits per heavy atom. The van der Waals surface area contributed by atoms with Crippen LogP contribution in [0.1, 0.15) is 143 Å². The van der Waals surface area contributed by atoms with Gasteiger partial charge >= 0.3 is 11.9 Å². The van der Waals surface area contributed by atoms with Crippen molar-refractivity contribution in [2.75, 3.05) is 6.54 Å². The minimum atomic E-state index is -0.920. The molecule has 0 fully saturated rings. The van der Waals surface area contributed by atoms with Gasteiger partial charge in [0.25, 0.3) is 0 Å². The van der Waals surface area contributed by atoms with E-state index in [2.05, 4.69) is 25.7 Å². The molecule has 0 saturated heterocycles. The van der Waals surface area contributed by atoms with Crippen molar-refractivity contribution < 1.29 is 19.8 Å². The monoisotopic (exact) mass is 455 g/mol. The number of unbranched alkanes of at least 4 members (excludes halogenated alkanes) is 12. The second kappa shape index (κ2) is 21.7. The Kier molecular flexibility index (Phi) is 21.0. The molecule has 0 bridgehead atoms. The molecule has 2 atom stereocenters. The predicted molar refractivity (Wildman–Crippen MR) is 134 cm³/mol. The highest BCUT2D eigenvalue weighted by Gasteiger charge is 2.30. The highest BCUT2D eigenvalue weighted by atomic mass is 16.4. The summed E-state index contributed by atoms with van der Waals surface area (Å²) in [4.78, 5) is 25.0. The molecule has 0 aliphatic heterocycles. The normalized spacial score (nSPS) is 13.4. The maximum atomic E-state index is 11.9. The van der Waals surface area contributed by atoms with E-state index in [0.717, 1.165) is 38.6 Å². The number of carbonyl (C=O) groups is 2. The summed E-state index contributed by atoms with van der Waals surface area (Å²) in [6.07, 6.45) is 21.3. The van der Waals surface area contributed by atoms with Gasteiger partial charge in [0.1, 0.15) is 6.04 Å².